The molecule has 1 N–H and O–H groups in total. The van der Waals surface area contributed by atoms with Crippen LogP contribution in [-0.2, 0) is 0 Å². The molecule has 0 spiro atoms. The molecule has 0 fully saturated rings. The molecule has 0 saturated heterocycles. The predicted octanol–water partition coefficient (Wildman–Crippen LogP) is 2.89. The van der Waals surface area contributed by atoms with Crippen LogP contribution in [0.2, 0.25) is 5.02 Å². The number of methoxy groups -OCH3 is 2. The maximum absolute atomic E-state index is 12.9. The zero-order chi connectivity index (χ0) is 18.7. The number of rotatable bonds is 5. The average molecular weight is 374 g/mol. The van der Waals surface area contributed by atoms with Crippen molar-refractivity contribution in [1.29, 1.82) is 0 Å². The van der Waals surface area contributed by atoms with Gasteiger partial charge in [0.05, 0.1) is 25.5 Å². The highest BCUT2D eigenvalue weighted by atomic mass is 35.5. The SMILES string of the molecule is COc1cc(C(=O)Nc2cccc(Cl)c2C)c(-n2cnnn2)cc1OC. The number of carbonyl (C=O) groups excluding carboxylic acids is 1. The van der Waals surface area contributed by atoms with E-state index in [1.165, 1.54) is 25.2 Å². The average Bonchev–Trinajstić information content (AvgIpc) is 3.18. The molecular formula is C17H16ClN5O3. The normalized spacial score (nSPS) is 10.5. The van der Waals surface area contributed by atoms with E-state index in [4.69, 9.17) is 21.1 Å². The number of hydrogen-bond donors (Lipinski definition) is 1. The molecule has 2 aromatic carbocycles. The molecule has 1 amide bonds. The van der Waals surface area contributed by atoms with Crippen molar-refractivity contribution >= 4 is 23.2 Å². The highest BCUT2D eigenvalue weighted by molar-refractivity contribution is 6.31. The lowest BCUT2D eigenvalue weighted by Crippen LogP contribution is -2.16. The van der Waals surface area contributed by atoms with Gasteiger partial charge in [0.15, 0.2) is 11.5 Å². The summed E-state index contributed by atoms with van der Waals surface area (Å²) in [5, 5.41) is 14.5. The van der Waals surface area contributed by atoms with Crippen LogP contribution in [0.4, 0.5) is 5.69 Å². The van der Waals surface area contributed by atoms with Gasteiger partial charge >= 0.3 is 0 Å². The molecule has 3 rings (SSSR count). The summed E-state index contributed by atoms with van der Waals surface area (Å²) < 4.78 is 12.0. The first-order valence-electron chi connectivity index (χ1n) is 7.61. The summed E-state index contributed by atoms with van der Waals surface area (Å²) in [6, 6.07) is 8.51. The number of nitrogens with one attached hydrogen (secondary N) is 1. The first-order chi connectivity index (χ1) is 12.5. The van der Waals surface area contributed by atoms with Crippen molar-refractivity contribution in [3.8, 4) is 17.2 Å². The van der Waals surface area contributed by atoms with E-state index < -0.39 is 0 Å². The molecule has 0 aliphatic heterocycles. The Kier molecular flexibility index (Phi) is 5.04. The Morgan fingerprint density at radius 1 is 1.19 bits per heavy atom. The Balaban J connectivity index is 2.07. The van der Waals surface area contributed by atoms with Gasteiger partial charge in [-0.3, -0.25) is 4.79 Å². The molecule has 1 heterocycles. The van der Waals surface area contributed by atoms with E-state index in [1.54, 1.807) is 30.3 Å². The van der Waals surface area contributed by atoms with Crippen LogP contribution < -0.4 is 14.8 Å². The molecule has 0 saturated carbocycles. The molecule has 9 heteroatoms. The number of hydrogen-bond acceptors (Lipinski definition) is 6. The van der Waals surface area contributed by atoms with Gasteiger partial charge in [-0.1, -0.05) is 17.7 Å². The highest BCUT2D eigenvalue weighted by Gasteiger charge is 2.20. The number of tetrazole rings is 1. The van der Waals surface area contributed by atoms with Crippen LogP contribution in [-0.4, -0.2) is 40.3 Å². The largest absolute Gasteiger partial charge is 0.493 e. The molecule has 26 heavy (non-hydrogen) atoms. The number of carbonyl (C=O) groups is 1. The summed E-state index contributed by atoms with van der Waals surface area (Å²) in [6.07, 6.45) is 1.39. The fourth-order valence-electron chi connectivity index (χ4n) is 2.44. The van der Waals surface area contributed by atoms with Gasteiger partial charge in [0.2, 0.25) is 0 Å². The second-order valence-electron chi connectivity index (χ2n) is 5.35. The molecule has 0 radical (unpaired) electrons. The van der Waals surface area contributed by atoms with Gasteiger partial charge in [-0.05, 0) is 41.1 Å². The Labute approximate surface area is 154 Å². The van der Waals surface area contributed by atoms with E-state index in [9.17, 15) is 4.79 Å². The fraction of sp³-hybridized carbons (Fsp3) is 0.176. The second-order valence-corrected chi connectivity index (χ2v) is 5.75. The Morgan fingerprint density at radius 3 is 2.58 bits per heavy atom. The van der Waals surface area contributed by atoms with E-state index in [1.807, 2.05) is 6.92 Å². The maximum atomic E-state index is 12.9. The van der Waals surface area contributed by atoms with E-state index in [0.29, 0.717) is 33.5 Å². The van der Waals surface area contributed by atoms with E-state index >= 15 is 0 Å². The number of nitrogens with zero attached hydrogens (tertiary/aromatic N) is 4. The summed E-state index contributed by atoms with van der Waals surface area (Å²) in [6.45, 7) is 1.83. The van der Waals surface area contributed by atoms with Gasteiger partial charge in [-0.15, -0.1) is 5.10 Å². The van der Waals surface area contributed by atoms with Gasteiger partial charge in [0.1, 0.15) is 6.33 Å². The van der Waals surface area contributed by atoms with Gasteiger partial charge < -0.3 is 14.8 Å². The smallest absolute Gasteiger partial charge is 0.258 e. The highest BCUT2D eigenvalue weighted by Crippen LogP contribution is 2.33. The van der Waals surface area contributed by atoms with Crippen LogP contribution in [0.3, 0.4) is 0 Å². The number of ether oxygens (including phenoxy) is 2. The van der Waals surface area contributed by atoms with Gasteiger partial charge in [-0.25, -0.2) is 0 Å². The van der Waals surface area contributed by atoms with Crippen molar-refractivity contribution < 1.29 is 14.3 Å². The zero-order valence-electron chi connectivity index (χ0n) is 14.4. The standard InChI is InChI=1S/C17H16ClN5O3/c1-10-12(18)5-4-6-13(10)20-17(24)11-7-15(25-2)16(26-3)8-14(11)23-9-19-21-22-23/h4-9H,1-3H3,(H,20,24). The van der Waals surface area contributed by atoms with Crippen LogP contribution in [0.1, 0.15) is 15.9 Å². The second kappa shape index (κ2) is 7.40. The molecule has 0 aliphatic rings. The van der Waals surface area contributed by atoms with Crippen molar-refractivity contribution in [1.82, 2.24) is 20.2 Å². The van der Waals surface area contributed by atoms with Crippen molar-refractivity contribution in [3.63, 3.8) is 0 Å². The van der Waals surface area contributed by atoms with Crippen LogP contribution in [0.5, 0.6) is 11.5 Å². The maximum Gasteiger partial charge on any atom is 0.258 e. The van der Waals surface area contributed by atoms with Crippen molar-refractivity contribution in [3.05, 3.63) is 52.8 Å². The van der Waals surface area contributed by atoms with Crippen LogP contribution in [0, 0.1) is 6.92 Å². The molecule has 0 bridgehead atoms. The third-order valence-electron chi connectivity index (χ3n) is 3.86. The third kappa shape index (κ3) is 3.31. The minimum absolute atomic E-state index is 0.314. The fourth-order valence-corrected chi connectivity index (χ4v) is 2.62. The number of halogens is 1. The predicted molar refractivity (Wildman–Crippen MR) is 96.4 cm³/mol. The lowest BCUT2D eigenvalue weighted by molar-refractivity contribution is 0.102. The molecule has 1 aromatic heterocycles. The Bertz CT molecular complexity index is 944. The lowest BCUT2D eigenvalue weighted by atomic mass is 10.1. The lowest BCUT2D eigenvalue weighted by Gasteiger charge is -2.15. The van der Waals surface area contributed by atoms with Crippen molar-refractivity contribution in [2.45, 2.75) is 6.92 Å². The number of benzene rings is 2. The molecule has 3 aromatic rings. The summed E-state index contributed by atoms with van der Waals surface area (Å²) >= 11 is 6.12. The molecule has 0 atom stereocenters. The van der Waals surface area contributed by atoms with E-state index in [0.717, 1.165) is 5.56 Å². The summed E-state index contributed by atoms with van der Waals surface area (Å²) in [5.74, 6) is 0.507. The quantitative estimate of drug-likeness (QED) is 0.739. The Hall–Kier alpha value is -3.13. The van der Waals surface area contributed by atoms with Gasteiger partial charge in [0.25, 0.3) is 5.91 Å². The van der Waals surface area contributed by atoms with Gasteiger partial charge in [0, 0.05) is 16.8 Å². The molecule has 134 valence electrons. The molecule has 0 unspecified atom stereocenters. The van der Waals surface area contributed by atoms with Crippen molar-refractivity contribution in [2.24, 2.45) is 0 Å². The van der Waals surface area contributed by atoms with Crippen LogP contribution in [0.15, 0.2) is 36.7 Å². The van der Waals surface area contributed by atoms with E-state index in [-0.39, 0.29) is 5.91 Å². The first kappa shape index (κ1) is 17.7. The van der Waals surface area contributed by atoms with Crippen LogP contribution in [0.25, 0.3) is 5.69 Å². The number of aromatic nitrogens is 4. The summed E-state index contributed by atoms with van der Waals surface area (Å²) in [5.41, 5.74) is 2.14. The first-order valence-corrected chi connectivity index (χ1v) is 7.98. The van der Waals surface area contributed by atoms with Crippen molar-refractivity contribution in [2.75, 3.05) is 19.5 Å². The van der Waals surface area contributed by atoms with E-state index in [2.05, 4.69) is 20.8 Å². The van der Waals surface area contributed by atoms with Gasteiger partial charge in [-0.2, -0.15) is 4.68 Å². The number of anilines is 1. The minimum atomic E-state index is -0.359. The Morgan fingerprint density at radius 2 is 1.92 bits per heavy atom. The molecule has 8 nitrogen and oxygen atoms in total. The summed E-state index contributed by atoms with van der Waals surface area (Å²) in [7, 11) is 3.01. The molecular weight excluding hydrogens is 358 g/mol. The minimum Gasteiger partial charge on any atom is -0.493 e. The monoisotopic (exact) mass is 373 g/mol. The molecule has 0 aliphatic carbocycles. The zero-order valence-corrected chi connectivity index (χ0v) is 15.1. The topological polar surface area (TPSA) is 91.2 Å². The third-order valence-corrected chi connectivity index (χ3v) is 4.27. The number of amides is 1. The summed E-state index contributed by atoms with van der Waals surface area (Å²) in [4.78, 5) is 12.9. The van der Waals surface area contributed by atoms with Crippen LogP contribution >= 0.6 is 11.6 Å².